The van der Waals surface area contributed by atoms with Crippen LogP contribution in [0.3, 0.4) is 0 Å². The Bertz CT molecular complexity index is 445. The summed E-state index contributed by atoms with van der Waals surface area (Å²) in [6.45, 7) is 3.96. The molecule has 1 unspecified atom stereocenters. The molecule has 5 heteroatoms. The second kappa shape index (κ2) is 6.99. The molecular formula is C14H18FNO3. The molecule has 0 amide bonds. The number of carbonyl (C=O) groups is 2. The summed E-state index contributed by atoms with van der Waals surface area (Å²) < 4.78 is 12.8. The Morgan fingerprint density at radius 2 is 1.89 bits per heavy atom. The number of ketones is 1. The summed E-state index contributed by atoms with van der Waals surface area (Å²) in [6.07, 6.45) is 0. The van der Waals surface area contributed by atoms with Crippen molar-refractivity contribution in [2.24, 2.45) is 5.92 Å². The first-order chi connectivity index (χ1) is 8.88. The minimum atomic E-state index is -0.896. The van der Waals surface area contributed by atoms with Gasteiger partial charge in [-0.25, -0.2) is 4.39 Å². The van der Waals surface area contributed by atoms with Crippen molar-refractivity contribution < 1.29 is 19.1 Å². The van der Waals surface area contributed by atoms with Crippen molar-refractivity contribution in [3.8, 4) is 0 Å². The van der Waals surface area contributed by atoms with Crippen LogP contribution in [0.2, 0.25) is 0 Å². The average molecular weight is 267 g/mol. The molecule has 0 aliphatic rings. The molecule has 0 aromatic heterocycles. The van der Waals surface area contributed by atoms with Gasteiger partial charge in [0.15, 0.2) is 0 Å². The van der Waals surface area contributed by atoms with Crippen molar-refractivity contribution in [2.75, 3.05) is 13.1 Å². The van der Waals surface area contributed by atoms with E-state index >= 15 is 0 Å². The Kier molecular flexibility index (Phi) is 5.63. The maximum atomic E-state index is 12.8. The lowest BCUT2D eigenvalue weighted by molar-refractivity contribution is -0.142. The number of carboxylic acids is 1. The highest BCUT2D eigenvalue weighted by molar-refractivity contribution is 5.77. The molecule has 0 spiro atoms. The fraction of sp³-hybridized carbons (Fsp3) is 0.429. The lowest BCUT2D eigenvalue weighted by atomic mass is 10.1. The zero-order valence-electron chi connectivity index (χ0n) is 11.1. The normalized spacial score (nSPS) is 12.4. The third-order valence-corrected chi connectivity index (χ3v) is 2.72. The maximum Gasteiger partial charge on any atom is 0.307 e. The van der Waals surface area contributed by atoms with E-state index in [0.29, 0.717) is 6.54 Å². The van der Waals surface area contributed by atoms with Crippen molar-refractivity contribution in [1.82, 2.24) is 4.90 Å². The quantitative estimate of drug-likeness (QED) is 0.820. The summed E-state index contributed by atoms with van der Waals surface area (Å²) in [4.78, 5) is 23.8. The SMILES string of the molecule is CC(=O)CN(Cc1ccc(F)cc1)CC(C)C(=O)O. The highest BCUT2D eigenvalue weighted by Gasteiger charge is 2.17. The van der Waals surface area contributed by atoms with E-state index in [-0.39, 0.29) is 24.7 Å². The van der Waals surface area contributed by atoms with Crippen LogP contribution in [-0.4, -0.2) is 34.8 Å². The van der Waals surface area contributed by atoms with Crippen molar-refractivity contribution in [3.05, 3.63) is 35.6 Å². The molecule has 1 N–H and O–H groups in total. The number of carbonyl (C=O) groups excluding carboxylic acids is 1. The van der Waals surface area contributed by atoms with Crippen LogP contribution >= 0.6 is 0 Å². The predicted molar refractivity (Wildman–Crippen MR) is 69.2 cm³/mol. The molecule has 1 aromatic rings. The molecular weight excluding hydrogens is 249 g/mol. The number of carboxylic acid groups (broad SMARTS) is 1. The molecule has 0 aliphatic carbocycles. The van der Waals surface area contributed by atoms with Crippen molar-refractivity contribution >= 4 is 11.8 Å². The molecule has 0 heterocycles. The Morgan fingerprint density at radius 3 is 2.37 bits per heavy atom. The summed E-state index contributed by atoms with van der Waals surface area (Å²) in [5.41, 5.74) is 0.847. The van der Waals surface area contributed by atoms with Crippen LogP contribution < -0.4 is 0 Å². The summed E-state index contributed by atoms with van der Waals surface area (Å²) >= 11 is 0. The molecule has 0 radical (unpaired) electrons. The van der Waals surface area contributed by atoms with Gasteiger partial charge in [-0.3, -0.25) is 14.5 Å². The van der Waals surface area contributed by atoms with Crippen molar-refractivity contribution in [1.29, 1.82) is 0 Å². The summed E-state index contributed by atoms with van der Waals surface area (Å²) in [5, 5.41) is 8.91. The van der Waals surface area contributed by atoms with Crippen molar-refractivity contribution in [2.45, 2.75) is 20.4 Å². The monoisotopic (exact) mass is 267 g/mol. The van der Waals surface area contributed by atoms with Gasteiger partial charge in [-0.15, -0.1) is 0 Å². The first kappa shape index (κ1) is 15.3. The minimum absolute atomic E-state index is 0.0281. The molecule has 0 saturated carbocycles. The van der Waals surface area contributed by atoms with Crippen LogP contribution in [0.15, 0.2) is 24.3 Å². The van der Waals surface area contributed by atoms with Crippen LogP contribution in [0.25, 0.3) is 0 Å². The van der Waals surface area contributed by atoms with Gasteiger partial charge in [0, 0.05) is 13.1 Å². The van der Waals surface area contributed by atoms with Gasteiger partial charge in [-0.1, -0.05) is 19.1 Å². The molecule has 0 fully saturated rings. The Labute approximate surface area is 111 Å². The molecule has 19 heavy (non-hydrogen) atoms. The highest BCUT2D eigenvalue weighted by Crippen LogP contribution is 2.09. The zero-order valence-corrected chi connectivity index (χ0v) is 11.1. The Morgan fingerprint density at radius 1 is 1.32 bits per heavy atom. The van der Waals surface area contributed by atoms with E-state index in [2.05, 4.69) is 0 Å². The first-order valence-corrected chi connectivity index (χ1v) is 6.07. The maximum absolute atomic E-state index is 12.8. The number of aliphatic carboxylic acids is 1. The van der Waals surface area contributed by atoms with Crippen LogP contribution in [-0.2, 0) is 16.1 Å². The van der Waals surface area contributed by atoms with Gasteiger partial charge < -0.3 is 5.11 Å². The van der Waals surface area contributed by atoms with Gasteiger partial charge in [0.05, 0.1) is 12.5 Å². The van der Waals surface area contributed by atoms with Gasteiger partial charge in [-0.2, -0.15) is 0 Å². The number of benzene rings is 1. The van der Waals surface area contributed by atoms with Crippen LogP contribution in [0.1, 0.15) is 19.4 Å². The van der Waals surface area contributed by atoms with Crippen molar-refractivity contribution in [3.63, 3.8) is 0 Å². The van der Waals surface area contributed by atoms with Gasteiger partial charge in [0.1, 0.15) is 11.6 Å². The van der Waals surface area contributed by atoms with Crippen LogP contribution in [0, 0.1) is 11.7 Å². The minimum Gasteiger partial charge on any atom is -0.481 e. The lowest BCUT2D eigenvalue weighted by Gasteiger charge is -2.23. The van der Waals surface area contributed by atoms with Crippen LogP contribution in [0.5, 0.6) is 0 Å². The number of rotatable bonds is 7. The largest absolute Gasteiger partial charge is 0.481 e. The third kappa shape index (κ3) is 5.61. The average Bonchev–Trinajstić information content (AvgIpc) is 2.31. The molecule has 0 aliphatic heterocycles. The number of hydrogen-bond donors (Lipinski definition) is 1. The molecule has 0 bridgehead atoms. The number of hydrogen-bond acceptors (Lipinski definition) is 3. The van der Waals surface area contributed by atoms with Gasteiger partial charge >= 0.3 is 5.97 Å². The summed E-state index contributed by atoms with van der Waals surface area (Å²) in [7, 11) is 0. The first-order valence-electron chi connectivity index (χ1n) is 6.07. The number of halogens is 1. The molecule has 4 nitrogen and oxygen atoms in total. The third-order valence-electron chi connectivity index (χ3n) is 2.72. The lowest BCUT2D eigenvalue weighted by Crippen LogP contribution is -2.34. The van der Waals surface area contributed by atoms with E-state index in [1.807, 2.05) is 0 Å². The molecule has 1 atom stereocenters. The zero-order chi connectivity index (χ0) is 14.4. The highest BCUT2D eigenvalue weighted by atomic mass is 19.1. The number of nitrogens with zero attached hydrogens (tertiary/aromatic N) is 1. The smallest absolute Gasteiger partial charge is 0.307 e. The fourth-order valence-corrected chi connectivity index (χ4v) is 1.81. The second-order valence-corrected chi connectivity index (χ2v) is 4.74. The predicted octanol–water partition coefficient (Wildman–Crippen LogP) is 1.94. The Balaban J connectivity index is 2.71. The van der Waals surface area contributed by atoms with Gasteiger partial charge in [0.25, 0.3) is 0 Å². The summed E-state index contributed by atoms with van der Waals surface area (Å²) in [6, 6.07) is 5.96. The van der Waals surface area contributed by atoms with E-state index in [4.69, 9.17) is 5.11 Å². The van der Waals surface area contributed by atoms with Crippen LogP contribution in [0.4, 0.5) is 4.39 Å². The molecule has 104 valence electrons. The molecule has 1 aromatic carbocycles. The topological polar surface area (TPSA) is 57.6 Å². The van der Waals surface area contributed by atoms with E-state index in [9.17, 15) is 14.0 Å². The standard InChI is InChI=1S/C14H18FNO3/c1-10(14(18)19)7-16(8-11(2)17)9-12-3-5-13(15)6-4-12/h3-6,10H,7-9H2,1-2H3,(H,18,19). The van der Waals surface area contributed by atoms with E-state index in [1.54, 1.807) is 24.0 Å². The van der Waals surface area contributed by atoms with E-state index in [1.165, 1.54) is 19.1 Å². The van der Waals surface area contributed by atoms with E-state index in [0.717, 1.165) is 5.56 Å². The molecule has 0 saturated heterocycles. The summed E-state index contributed by atoms with van der Waals surface area (Å²) in [5.74, 6) is -1.80. The van der Waals surface area contributed by atoms with E-state index < -0.39 is 11.9 Å². The van der Waals surface area contributed by atoms with Gasteiger partial charge in [0.2, 0.25) is 0 Å². The number of Topliss-reactive ketones (excluding diaryl/α,β-unsaturated/α-hetero) is 1. The second-order valence-electron chi connectivity index (χ2n) is 4.74. The van der Waals surface area contributed by atoms with Gasteiger partial charge in [-0.05, 0) is 24.6 Å². The molecule has 1 rings (SSSR count). The Hall–Kier alpha value is -1.75. The fourth-order valence-electron chi connectivity index (χ4n) is 1.81.